The van der Waals surface area contributed by atoms with E-state index in [1.165, 1.54) is 203 Å². The minimum absolute atomic E-state index is 0.0248. The quantitative estimate of drug-likeness (QED) is 0.0394. The van der Waals surface area contributed by atoms with Gasteiger partial charge in [-0.05, 0) is 313 Å². The van der Waals surface area contributed by atoms with E-state index in [9.17, 15) is 48.9 Å². The van der Waals surface area contributed by atoms with Crippen molar-refractivity contribution in [2.45, 2.75) is 317 Å². The maximum absolute atomic E-state index is 13.3. The molecule has 15 heterocycles. The van der Waals surface area contributed by atoms with Gasteiger partial charge in [0.2, 0.25) is 0 Å². The van der Waals surface area contributed by atoms with Crippen molar-refractivity contribution in [3.63, 3.8) is 0 Å². The van der Waals surface area contributed by atoms with Gasteiger partial charge in [0.25, 0.3) is 0 Å². The molecule has 0 amide bonds. The van der Waals surface area contributed by atoms with Crippen LogP contribution in [0.5, 0.6) is 0 Å². The van der Waals surface area contributed by atoms with Gasteiger partial charge in [0.15, 0.2) is 0 Å². The Bertz CT molecular complexity index is 6480. The number of aliphatic hydroxyl groups is 7. The molecule has 748 valence electrons. The molecule has 14 aromatic rings. The molecule has 8 atom stereocenters. The summed E-state index contributed by atoms with van der Waals surface area (Å²) in [5.41, 5.74) is 18.8. The molecule has 13 aliphatic rings. The first-order chi connectivity index (χ1) is 68.5. The normalized spacial score (nSPS) is 23.5. The Labute approximate surface area is 829 Å². The van der Waals surface area contributed by atoms with E-state index in [1.54, 1.807) is 31.1 Å². The Hall–Kier alpha value is -9.93. The first kappa shape index (κ1) is 98.5. The van der Waals surface area contributed by atoms with Crippen LogP contribution in [0.1, 0.15) is 378 Å². The third-order valence-corrected chi connectivity index (χ3v) is 34.3. The molecule has 1 aliphatic heterocycles. The van der Waals surface area contributed by atoms with Crippen molar-refractivity contribution in [2.24, 2.45) is 59.2 Å². The highest BCUT2D eigenvalue weighted by Gasteiger charge is 2.52. The van der Waals surface area contributed by atoms with Crippen LogP contribution in [0.2, 0.25) is 5.02 Å². The molecule has 8 unspecified atom stereocenters. The van der Waals surface area contributed by atoms with E-state index in [1.807, 2.05) is 86.2 Å². The largest absolute Gasteiger partial charge is 0.416 e. The highest BCUT2D eigenvalue weighted by molar-refractivity contribution is 6.31. The summed E-state index contributed by atoms with van der Waals surface area (Å²) in [4.78, 5) is 29.3. The van der Waals surface area contributed by atoms with Crippen molar-refractivity contribution >= 4 is 50.2 Å². The molecular weight excluding hydrogens is 1800 g/mol. The van der Waals surface area contributed by atoms with Gasteiger partial charge in [-0.1, -0.05) is 115 Å². The Balaban J connectivity index is 0.000000101. The molecule has 12 aliphatic carbocycles. The number of hydrogen-bond acceptors (Lipinski definition) is 15. The van der Waals surface area contributed by atoms with E-state index in [2.05, 4.69) is 138 Å². The molecule has 26 heteroatoms. The minimum atomic E-state index is -4.48. The third kappa shape index (κ3) is 21.4. The second-order valence-electron chi connectivity index (χ2n) is 44.2. The van der Waals surface area contributed by atoms with Gasteiger partial charge in [0.1, 0.15) is 0 Å². The van der Waals surface area contributed by atoms with Crippen LogP contribution in [0.15, 0.2) is 198 Å². The summed E-state index contributed by atoms with van der Waals surface area (Å²) in [7, 11) is 0. The predicted octanol–water partition coefficient (Wildman–Crippen LogP) is 25.2. The van der Waals surface area contributed by atoms with E-state index < -0.39 is 36.2 Å². The zero-order chi connectivity index (χ0) is 97.3. The number of alkyl halides is 3. The summed E-state index contributed by atoms with van der Waals surface area (Å²) in [5, 5.41) is 76.4. The van der Waals surface area contributed by atoms with Gasteiger partial charge in [-0.25, -0.2) is 34.9 Å². The van der Waals surface area contributed by atoms with Crippen LogP contribution in [0, 0.1) is 59.2 Å². The van der Waals surface area contributed by atoms with Gasteiger partial charge in [-0.15, -0.1) is 6.58 Å². The number of hydrogen-bond donors (Lipinski definition) is 7. The van der Waals surface area contributed by atoms with E-state index >= 15 is 0 Å². The topological polar surface area (TPSA) is 272 Å². The smallest absolute Gasteiger partial charge is 0.388 e. The molecule has 27 rings (SSSR count). The van der Waals surface area contributed by atoms with Gasteiger partial charge in [0.05, 0.1) is 175 Å². The lowest BCUT2D eigenvalue weighted by Gasteiger charge is -2.55. The average Bonchev–Trinajstić information content (AvgIpc) is 1.56. The molecule has 0 aromatic carbocycles. The van der Waals surface area contributed by atoms with Crippen LogP contribution in [-0.2, 0) is 16.3 Å². The monoisotopic (exact) mass is 1940 g/mol. The number of ether oxygens (including phenoxy) is 1. The lowest BCUT2D eigenvalue weighted by molar-refractivity contribution is -0.139. The molecule has 7 N–H and O–H groups in total. The summed E-state index contributed by atoms with van der Waals surface area (Å²) >= 11 is 6.26. The first-order valence-corrected chi connectivity index (χ1v) is 53.4. The van der Waals surface area contributed by atoms with Crippen LogP contribution >= 0.6 is 11.6 Å². The number of aliphatic hydroxyl groups excluding tert-OH is 7. The highest BCUT2D eigenvalue weighted by atomic mass is 35.5. The van der Waals surface area contributed by atoms with Gasteiger partial charge in [0, 0.05) is 101 Å². The van der Waals surface area contributed by atoms with Gasteiger partial charge >= 0.3 is 6.18 Å². The maximum atomic E-state index is 13.3. The molecule has 0 radical (unpaired) electrons. The molecule has 14 aromatic heterocycles. The summed E-state index contributed by atoms with van der Waals surface area (Å²) < 4.78 is 58.8. The van der Waals surface area contributed by atoms with Crippen molar-refractivity contribution in [2.75, 3.05) is 13.2 Å². The van der Waals surface area contributed by atoms with Crippen LogP contribution in [0.4, 0.5) is 13.2 Å². The number of nitrogens with zero attached hydrogens (tertiary/aromatic N) is 14. The Morgan fingerprint density at radius 3 is 1.02 bits per heavy atom. The second kappa shape index (κ2) is 43.2. The van der Waals surface area contributed by atoms with Crippen molar-refractivity contribution in [1.29, 1.82) is 0 Å². The van der Waals surface area contributed by atoms with Crippen molar-refractivity contribution < 1.29 is 53.7 Å². The molecule has 4 bridgehead atoms. The maximum Gasteiger partial charge on any atom is 0.416 e. The fraction of sp³-hybridized carbons (Fsp3) is 0.539. The number of pyridine rings is 7. The van der Waals surface area contributed by atoms with E-state index in [4.69, 9.17) is 16.3 Å². The van der Waals surface area contributed by atoms with Crippen LogP contribution in [-0.4, -0.2) is 115 Å². The fourth-order valence-corrected chi connectivity index (χ4v) is 26.3. The average molecular weight is 1940 g/mol. The summed E-state index contributed by atoms with van der Waals surface area (Å²) in [6, 6.07) is 13.7. The van der Waals surface area contributed by atoms with Crippen molar-refractivity contribution in [1.82, 2.24) is 65.7 Å². The first-order valence-electron chi connectivity index (χ1n) is 53.0. The van der Waals surface area contributed by atoms with Crippen LogP contribution < -0.4 is 0 Å². The molecule has 11 saturated carbocycles. The van der Waals surface area contributed by atoms with Crippen molar-refractivity contribution in [3.8, 4) is 0 Å². The number of halogens is 4. The van der Waals surface area contributed by atoms with E-state index in [0.717, 1.165) is 175 Å². The molecular formula is C115H142ClF3N14O8. The van der Waals surface area contributed by atoms with E-state index in [-0.39, 0.29) is 41.1 Å². The zero-order valence-corrected chi connectivity index (χ0v) is 82.8. The molecule has 1 saturated heterocycles. The second-order valence-corrected chi connectivity index (χ2v) is 44.6. The lowest BCUT2D eigenvalue weighted by atomic mass is 9.50. The van der Waals surface area contributed by atoms with Gasteiger partial charge in [-0.2, -0.15) is 13.2 Å². The van der Waals surface area contributed by atoms with Gasteiger partial charge < -0.3 is 71.3 Å². The molecule has 0 spiro atoms. The van der Waals surface area contributed by atoms with Crippen LogP contribution in [0.25, 0.3) is 38.6 Å². The number of rotatable bonds is 18. The fourth-order valence-electron chi connectivity index (χ4n) is 26.0. The number of fused-ring (bicyclic) bond motifs is 7. The summed E-state index contributed by atoms with van der Waals surface area (Å²) in [6.45, 7) is 11.8. The summed E-state index contributed by atoms with van der Waals surface area (Å²) in [6.07, 6.45) is 76.2. The van der Waals surface area contributed by atoms with Crippen molar-refractivity contribution in [3.05, 3.63) is 276 Å². The third-order valence-electron chi connectivity index (χ3n) is 33.9. The Kier molecular flexibility index (Phi) is 30.1. The molecule has 22 nitrogen and oxygen atoms in total. The highest BCUT2D eigenvalue weighted by Crippen LogP contribution is 2.61. The lowest BCUT2D eigenvalue weighted by Crippen LogP contribution is -2.47. The van der Waals surface area contributed by atoms with Gasteiger partial charge in [-0.3, -0.25) is 0 Å². The number of aromatic nitrogens is 14. The predicted molar refractivity (Wildman–Crippen MR) is 543 cm³/mol. The summed E-state index contributed by atoms with van der Waals surface area (Å²) in [5.74, 6) is 7.76. The number of allylic oxidation sites excluding steroid dienone is 2. The van der Waals surface area contributed by atoms with E-state index in [0.29, 0.717) is 57.9 Å². The molecule has 12 fully saturated rings. The standard InChI is InChI=1S/C21H26N2O.C18H24N2O.C18H26N2O.C16H20N2O2.C15H17F3N2O.C14H15ClN2O.C13H14N2O/c24-21(19-15-6-12-5-13(8-15)9-16(19)7-12)20-17(14-1-2-14)3-4-23-11-22-10-18(20)23;21-18(14-5-2-1-3-6-14)17-15(13-7-4-8-13)9-10-20-12-19-11-16(17)20;1-18(2,3)14-9-10-20-12-19-11-15(20)16(14)17(21)13-7-5-4-6-8-13;19-16(12-4-7-20-8-5-12)15-13(11-1-2-11)3-6-18-10-17-9-14(15)18;16-15(17,18)11-6-7-20-9-19-8-12(20)13(11)14(21)10-4-2-1-3-5-10;15-11-6-7-17-9-16-8-12(17)13(11)14(18)10-4-2-1-3-5-10;1-2-12(16)13-10(9-3-4-9)5-6-15-8-14-7-11(13)15/h3-4,10-16,19,21,24H,1-2,5-9H2;9-14,18,21H,1-8H2;9-13,17,21H,4-8H2,1-3H3;3,6,9-12,16,19H,1-2,4-5,7-8H2;6-10,14,21H,1-5H2;1-2,6-10,14,18H,3-5H2;2,5-9,12,16H,1,3-4H2. The Morgan fingerprint density at radius 2 is 0.667 bits per heavy atom. The number of imidazole rings is 7. The van der Waals surface area contributed by atoms with Crippen LogP contribution in [0.3, 0.4) is 0 Å². The SMILES string of the molecule is C=CC(O)c1c(C2CC2)ccn2cncc12.CC(C)(C)c1ccn2cncc2c1C(O)C1CCCCC1.OC(c1c(C(F)(F)F)ccn2cncc12)C1CCCCC1.OC(c1c(C2CC2)ccn2cncc12)C1C2CC3CC(C2)CC1C3.OC(c1c(C2CC2)ccn2cncc12)C1CCOCC1.OC(c1c(C2CCC2)ccn2cncc12)C1CCCCC1.OC(c1c(Cl)ccn2cncc12)C1CC=CCC1. The zero-order valence-electron chi connectivity index (χ0n) is 82.0. The molecule has 141 heavy (non-hydrogen) atoms. The Morgan fingerprint density at radius 1 is 0.348 bits per heavy atom. The minimum Gasteiger partial charge on any atom is -0.388 e.